The summed E-state index contributed by atoms with van der Waals surface area (Å²) < 4.78 is 28.4. The van der Waals surface area contributed by atoms with Crippen molar-refractivity contribution in [2.24, 2.45) is 0 Å². The number of rotatable bonds is 4. The van der Waals surface area contributed by atoms with Gasteiger partial charge in [-0.15, -0.1) is 0 Å². The van der Waals surface area contributed by atoms with Crippen LogP contribution < -0.4 is 10.0 Å². The van der Waals surface area contributed by atoms with Crippen molar-refractivity contribution >= 4 is 16.1 Å². The van der Waals surface area contributed by atoms with Gasteiger partial charge in [-0.1, -0.05) is 6.58 Å². The molecule has 0 aliphatic heterocycles. The Morgan fingerprint density at radius 2 is 1.80 bits per heavy atom. The zero-order valence-electron chi connectivity index (χ0n) is 9.11. The van der Waals surface area contributed by atoms with Gasteiger partial charge in [0, 0.05) is 0 Å². The summed E-state index contributed by atoms with van der Waals surface area (Å²) in [6.07, 6.45) is 0. The van der Waals surface area contributed by atoms with Crippen LogP contribution in [0.25, 0.3) is 0 Å². The number of hydrogen-bond acceptors (Lipinski definition) is 4. The molecule has 0 fully saturated rings. The van der Waals surface area contributed by atoms with Gasteiger partial charge < -0.3 is 14.8 Å². The normalized spacial score (nSPS) is 10.5. The van der Waals surface area contributed by atoms with E-state index < -0.39 is 16.1 Å². The van der Waals surface area contributed by atoms with Crippen molar-refractivity contribution in [3.8, 4) is 0 Å². The Bertz CT molecular complexity index is 295. The van der Waals surface area contributed by atoms with E-state index >= 15 is 0 Å². The van der Waals surface area contributed by atoms with E-state index in [1.54, 1.807) is 0 Å². The van der Waals surface area contributed by atoms with Crippen molar-refractivity contribution in [3.05, 3.63) is 12.2 Å². The molecule has 0 spiro atoms. The summed E-state index contributed by atoms with van der Waals surface area (Å²) in [7, 11) is -0.0909. The van der Waals surface area contributed by atoms with Crippen LogP contribution in [-0.4, -0.2) is 45.3 Å². The molecule has 15 heavy (non-hydrogen) atoms. The fraction of sp³-hybridized carbons (Fsp3) is 0.625. The molecule has 0 aromatic heterocycles. The molecule has 0 aliphatic rings. The maximum Gasteiger partial charge on any atom is 0.270 e. The Balaban J connectivity index is 0. The maximum absolute atomic E-state index is 10.1. The number of quaternary nitrogens is 1. The minimum atomic E-state index is -3.74. The lowest BCUT2D eigenvalue weighted by Gasteiger charge is -2.03. The predicted octanol–water partition coefficient (Wildman–Crippen LogP) is -2.67. The molecule has 0 amide bonds. The standard InChI is InChI=1S/C4H11NO3S.C4H6O2/c1-5(2)3-4-9(6,7)8;1-3(2)4(5)6/h3-4H2,1-2H3,(H,6,7,8);1H2,2H3,(H,5,6). The van der Waals surface area contributed by atoms with Crippen LogP contribution in [0.3, 0.4) is 0 Å². The molecule has 2 N–H and O–H groups in total. The molecule has 0 atom stereocenters. The van der Waals surface area contributed by atoms with Crippen LogP contribution in [0.15, 0.2) is 12.2 Å². The Hall–Kier alpha value is -0.920. The van der Waals surface area contributed by atoms with E-state index in [-0.39, 0.29) is 11.3 Å². The van der Waals surface area contributed by atoms with Crippen molar-refractivity contribution in [2.45, 2.75) is 6.92 Å². The van der Waals surface area contributed by atoms with E-state index in [0.717, 1.165) is 4.90 Å². The summed E-state index contributed by atoms with van der Waals surface area (Å²) >= 11 is 0. The zero-order valence-corrected chi connectivity index (χ0v) is 9.93. The molecule has 0 aliphatic carbocycles. The van der Waals surface area contributed by atoms with Crippen molar-refractivity contribution in [3.63, 3.8) is 0 Å². The third-order valence-electron chi connectivity index (χ3n) is 1.21. The van der Waals surface area contributed by atoms with Gasteiger partial charge in [-0.3, -0.25) is 4.55 Å². The molecule has 0 unspecified atom stereocenters. The molecule has 0 aromatic carbocycles. The number of carboxylic acids is 1. The maximum atomic E-state index is 10.1. The van der Waals surface area contributed by atoms with Gasteiger partial charge >= 0.3 is 0 Å². The zero-order chi connectivity index (χ0) is 12.6. The lowest BCUT2D eigenvalue weighted by molar-refractivity contribution is -0.855. The number of nitrogens with one attached hydrogen (secondary N) is 1. The Morgan fingerprint density at radius 1 is 1.47 bits per heavy atom. The topological polar surface area (TPSA) is 98.9 Å². The second-order valence-corrected chi connectivity index (χ2v) is 4.88. The van der Waals surface area contributed by atoms with Crippen molar-refractivity contribution in [1.82, 2.24) is 0 Å². The van der Waals surface area contributed by atoms with Crippen LogP contribution in [0.4, 0.5) is 0 Å². The van der Waals surface area contributed by atoms with Crippen molar-refractivity contribution < 1.29 is 27.8 Å². The quantitative estimate of drug-likeness (QED) is 0.412. The molecule has 90 valence electrons. The van der Waals surface area contributed by atoms with Crippen LogP contribution in [0.2, 0.25) is 0 Å². The van der Waals surface area contributed by atoms with Gasteiger partial charge in [0.25, 0.3) is 10.1 Å². The van der Waals surface area contributed by atoms with E-state index in [2.05, 4.69) is 6.58 Å². The first-order valence-corrected chi connectivity index (χ1v) is 5.78. The summed E-state index contributed by atoms with van der Waals surface area (Å²) in [5.41, 5.74) is 0.0648. The van der Waals surface area contributed by atoms with Crippen LogP contribution >= 0.6 is 0 Å². The largest absolute Gasteiger partial charge is 0.545 e. The smallest absolute Gasteiger partial charge is 0.270 e. The molecule has 0 saturated carbocycles. The van der Waals surface area contributed by atoms with Crippen LogP contribution in [-0.2, 0) is 14.9 Å². The summed E-state index contributed by atoms with van der Waals surface area (Å²) in [6, 6.07) is 0. The first-order valence-electron chi connectivity index (χ1n) is 4.17. The summed E-state index contributed by atoms with van der Waals surface area (Å²) in [5.74, 6) is -1.34. The highest BCUT2D eigenvalue weighted by Crippen LogP contribution is 1.77. The highest BCUT2D eigenvalue weighted by molar-refractivity contribution is 7.85. The highest BCUT2D eigenvalue weighted by atomic mass is 32.2. The molecule has 7 heteroatoms. The number of carbonyl (C=O) groups is 1. The van der Waals surface area contributed by atoms with Crippen molar-refractivity contribution in [2.75, 3.05) is 26.4 Å². The third kappa shape index (κ3) is 19.5. The minimum absolute atomic E-state index is 0.0648. The molecule has 0 radical (unpaired) electrons. The number of carboxylic acid groups (broad SMARTS) is 1. The van der Waals surface area contributed by atoms with Gasteiger partial charge in [-0.2, -0.15) is 8.42 Å². The van der Waals surface area contributed by atoms with Crippen LogP contribution in [0.5, 0.6) is 0 Å². The molecule has 6 nitrogen and oxygen atoms in total. The molecule has 0 aromatic rings. The van der Waals surface area contributed by atoms with Gasteiger partial charge in [0.1, 0.15) is 5.75 Å². The van der Waals surface area contributed by atoms with E-state index in [4.69, 9.17) is 4.55 Å². The number of carbonyl (C=O) groups excluding carboxylic acids is 1. The van der Waals surface area contributed by atoms with E-state index in [1.165, 1.54) is 6.92 Å². The fourth-order valence-corrected chi connectivity index (χ4v) is 0.999. The molecular weight excluding hydrogens is 222 g/mol. The van der Waals surface area contributed by atoms with Gasteiger partial charge in [0.2, 0.25) is 0 Å². The highest BCUT2D eigenvalue weighted by Gasteiger charge is 2.05. The fourth-order valence-electron chi connectivity index (χ4n) is 0.333. The van der Waals surface area contributed by atoms with Crippen LogP contribution in [0.1, 0.15) is 6.92 Å². The average Bonchev–Trinajstić information content (AvgIpc) is 2.00. The van der Waals surface area contributed by atoms with Gasteiger partial charge in [0.05, 0.1) is 26.6 Å². The van der Waals surface area contributed by atoms with Gasteiger partial charge in [-0.05, 0) is 12.5 Å². The summed E-state index contributed by atoms with van der Waals surface area (Å²) in [6.45, 7) is 4.92. The molecule has 0 bridgehead atoms. The van der Waals surface area contributed by atoms with E-state index in [1.807, 2.05) is 14.1 Å². The van der Waals surface area contributed by atoms with E-state index in [9.17, 15) is 18.3 Å². The van der Waals surface area contributed by atoms with E-state index in [0.29, 0.717) is 6.54 Å². The third-order valence-corrected chi connectivity index (χ3v) is 1.93. The van der Waals surface area contributed by atoms with Gasteiger partial charge in [-0.25, -0.2) is 0 Å². The van der Waals surface area contributed by atoms with Gasteiger partial charge in [0.15, 0.2) is 0 Å². The molecular formula is C8H17NO5S. The molecule has 0 saturated heterocycles. The first kappa shape index (κ1) is 16.5. The van der Waals surface area contributed by atoms with Crippen LogP contribution in [0, 0.1) is 0 Å². The number of hydrogen-bond donors (Lipinski definition) is 2. The lowest BCUT2D eigenvalue weighted by Crippen LogP contribution is -3.06. The summed E-state index contributed by atoms with van der Waals surface area (Å²) in [4.78, 5) is 10.5. The first-order chi connectivity index (χ1) is 6.56. The predicted molar refractivity (Wildman–Crippen MR) is 53.9 cm³/mol. The number of aliphatic carboxylic acids is 1. The SMILES string of the molecule is C=C(C)C(=O)[O-].C[NH+](C)CCS(=O)(=O)O. The average molecular weight is 239 g/mol. The Kier molecular flexibility index (Phi) is 8.12. The molecule has 0 heterocycles. The lowest BCUT2D eigenvalue weighted by atomic mass is 10.4. The Labute approximate surface area is 90.0 Å². The molecule has 0 rings (SSSR count). The second-order valence-electron chi connectivity index (χ2n) is 3.31. The summed E-state index contributed by atoms with van der Waals surface area (Å²) in [5, 5.41) is 9.49. The van der Waals surface area contributed by atoms with Crippen molar-refractivity contribution in [1.29, 1.82) is 0 Å². The minimum Gasteiger partial charge on any atom is -0.545 e. The Morgan fingerprint density at radius 3 is 1.87 bits per heavy atom. The second kappa shape index (κ2) is 7.38. The monoisotopic (exact) mass is 239 g/mol.